The average Bonchev–Trinajstić information content (AvgIpc) is 3.10. The van der Waals surface area contributed by atoms with Crippen LogP contribution in [0, 0.1) is 0 Å². The number of phosphoric ester groups is 1. The van der Waals surface area contributed by atoms with Gasteiger partial charge in [-0.2, -0.15) is 0 Å². The Balaban J connectivity index is 4.58. The molecule has 304 valence electrons. The normalized spacial score (nSPS) is 14.5. The smallest absolute Gasteiger partial charge is 0.310 e. The van der Waals surface area contributed by atoms with E-state index >= 15 is 0 Å². The highest BCUT2D eigenvalue weighted by Crippen LogP contribution is 2.38. The number of carbonyl (C=O) groups is 2. The number of hydrogen-bond donors (Lipinski definition) is 0. The maximum absolute atomic E-state index is 12.6. The minimum atomic E-state index is -4.65. The molecule has 0 aromatic heterocycles. The van der Waals surface area contributed by atoms with Crippen molar-refractivity contribution in [1.82, 2.24) is 0 Å². The molecule has 2 atom stereocenters. The topological polar surface area (TPSA) is 111 Å². The van der Waals surface area contributed by atoms with Crippen LogP contribution >= 0.6 is 7.82 Å². The molecule has 10 heteroatoms. The summed E-state index contributed by atoms with van der Waals surface area (Å²) in [6.45, 7) is 3.95. The summed E-state index contributed by atoms with van der Waals surface area (Å²) in [6.07, 6.45) is 42.5. The van der Waals surface area contributed by atoms with Crippen molar-refractivity contribution in [2.75, 3.05) is 47.5 Å². The fourth-order valence-electron chi connectivity index (χ4n) is 4.84. The van der Waals surface area contributed by atoms with Gasteiger partial charge in [-0.15, -0.1) is 0 Å². The van der Waals surface area contributed by atoms with E-state index < -0.39 is 32.5 Å². The lowest BCUT2D eigenvalue weighted by Gasteiger charge is -2.28. The van der Waals surface area contributed by atoms with Crippen LogP contribution in [-0.2, 0) is 32.7 Å². The summed E-state index contributed by atoms with van der Waals surface area (Å²) in [5.41, 5.74) is 0. The van der Waals surface area contributed by atoms with Gasteiger partial charge in [0.1, 0.15) is 19.8 Å². The summed E-state index contributed by atoms with van der Waals surface area (Å²) < 4.78 is 33.6. The standard InChI is InChI=1S/C43H74NO8P/c1-6-8-10-12-14-16-18-20-22-24-26-28-30-32-34-36-43(46)52-41(40-51-53(47,48)50-38-37-44(3,4)5)39-49-42(45)35-33-31-29-27-25-23-21-19-17-15-13-11-9-7-2/h8,10,14,16,19-22,26,28,32,34,41H,6-7,9,11-13,15,17-18,23-25,27,29-31,33,35-40H2,1-5H3/b10-8-,16-14-,21-19-,22-20-,28-26-,34-32-. The molecular weight excluding hydrogens is 689 g/mol. The van der Waals surface area contributed by atoms with E-state index in [4.69, 9.17) is 18.5 Å². The molecule has 0 aliphatic heterocycles. The molecule has 0 heterocycles. The monoisotopic (exact) mass is 764 g/mol. The number of esters is 2. The average molecular weight is 764 g/mol. The third kappa shape index (κ3) is 39.0. The predicted octanol–water partition coefficient (Wildman–Crippen LogP) is 10.4. The molecule has 0 N–H and O–H groups in total. The number of likely N-dealkylation sites (N-methyl/N-ethyl adjacent to an activating group) is 1. The lowest BCUT2D eigenvalue weighted by molar-refractivity contribution is -0.870. The van der Waals surface area contributed by atoms with Crippen molar-refractivity contribution >= 4 is 19.8 Å². The fourth-order valence-corrected chi connectivity index (χ4v) is 5.57. The Bertz CT molecular complexity index is 1140. The number of ether oxygens (including phenoxy) is 2. The minimum Gasteiger partial charge on any atom is -0.756 e. The van der Waals surface area contributed by atoms with Gasteiger partial charge in [-0.05, 0) is 64.2 Å². The quantitative estimate of drug-likeness (QED) is 0.0206. The molecule has 0 rings (SSSR count). The van der Waals surface area contributed by atoms with E-state index in [9.17, 15) is 19.0 Å². The maximum atomic E-state index is 12.6. The Morgan fingerprint density at radius 2 is 1.13 bits per heavy atom. The van der Waals surface area contributed by atoms with Gasteiger partial charge in [0, 0.05) is 6.42 Å². The van der Waals surface area contributed by atoms with Gasteiger partial charge in [-0.25, -0.2) is 0 Å². The second kappa shape index (κ2) is 35.2. The van der Waals surface area contributed by atoms with Gasteiger partial charge in [0.2, 0.25) is 0 Å². The van der Waals surface area contributed by atoms with Crippen LogP contribution in [0.2, 0.25) is 0 Å². The van der Waals surface area contributed by atoms with Crippen molar-refractivity contribution in [2.24, 2.45) is 0 Å². The second-order valence-corrected chi connectivity index (χ2v) is 15.7. The van der Waals surface area contributed by atoms with Crippen LogP contribution in [0.3, 0.4) is 0 Å². The number of rotatable bonds is 35. The largest absolute Gasteiger partial charge is 0.756 e. The first-order valence-corrected chi connectivity index (χ1v) is 21.6. The van der Waals surface area contributed by atoms with Gasteiger partial charge in [0.25, 0.3) is 7.82 Å². The highest BCUT2D eigenvalue weighted by molar-refractivity contribution is 7.45. The Labute approximate surface area is 323 Å². The first-order valence-electron chi connectivity index (χ1n) is 20.1. The van der Waals surface area contributed by atoms with E-state index in [0.717, 1.165) is 57.8 Å². The van der Waals surface area contributed by atoms with Crippen LogP contribution in [0.15, 0.2) is 72.9 Å². The van der Waals surface area contributed by atoms with Crippen LogP contribution < -0.4 is 4.89 Å². The number of nitrogens with zero attached hydrogens (tertiary/aromatic N) is 1. The first kappa shape index (κ1) is 50.5. The van der Waals surface area contributed by atoms with E-state index in [2.05, 4.69) is 68.5 Å². The van der Waals surface area contributed by atoms with Gasteiger partial charge in [0.05, 0.1) is 34.2 Å². The van der Waals surface area contributed by atoms with E-state index in [0.29, 0.717) is 23.9 Å². The van der Waals surface area contributed by atoms with Gasteiger partial charge in [-0.1, -0.05) is 132 Å². The molecule has 0 bridgehead atoms. The molecule has 0 aliphatic rings. The second-order valence-electron chi connectivity index (χ2n) is 14.3. The zero-order valence-electron chi connectivity index (χ0n) is 33.9. The summed E-state index contributed by atoms with van der Waals surface area (Å²) in [5, 5.41) is 0. The van der Waals surface area contributed by atoms with E-state index in [-0.39, 0.29) is 26.1 Å². The van der Waals surface area contributed by atoms with Gasteiger partial charge >= 0.3 is 11.9 Å². The third-order valence-electron chi connectivity index (χ3n) is 7.99. The van der Waals surface area contributed by atoms with Crippen molar-refractivity contribution in [3.8, 4) is 0 Å². The van der Waals surface area contributed by atoms with Crippen molar-refractivity contribution in [3.05, 3.63) is 72.9 Å². The van der Waals surface area contributed by atoms with Crippen molar-refractivity contribution in [1.29, 1.82) is 0 Å². The number of hydrogen-bond acceptors (Lipinski definition) is 8. The van der Waals surface area contributed by atoms with Crippen LogP contribution in [0.1, 0.15) is 136 Å². The Hall–Kier alpha value is -2.55. The summed E-state index contributed by atoms with van der Waals surface area (Å²) in [5.74, 6) is -1.00. The first-order chi connectivity index (χ1) is 25.5. The van der Waals surface area contributed by atoms with Gasteiger partial charge < -0.3 is 27.9 Å². The Morgan fingerprint density at radius 3 is 1.68 bits per heavy atom. The minimum absolute atomic E-state index is 0.0121. The van der Waals surface area contributed by atoms with Crippen LogP contribution in [0.4, 0.5) is 0 Å². The van der Waals surface area contributed by atoms with E-state index in [1.165, 1.54) is 38.5 Å². The molecule has 0 aromatic rings. The highest BCUT2D eigenvalue weighted by Gasteiger charge is 2.21. The Kier molecular flexibility index (Phi) is 33.5. The number of phosphoric acid groups is 1. The molecule has 0 radical (unpaired) electrons. The molecule has 2 unspecified atom stereocenters. The molecular formula is C43H74NO8P. The van der Waals surface area contributed by atoms with E-state index in [1.807, 2.05) is 33.3 Å². The van der Waals surface area contributed by atoms with Crippen molar-refractivity contribution in [2.45, 2.75) is 142 Å². The Morgan fingerprint density at radius 1 is 0.623 bits per heavy atom. The summed E-state index contributed by atoms with van der Waals surface area (Å²) >= 11 is 0. The number of quaternary nitrogens is 1. The predicted molar refractivity (Wildman–Crippen MR) is 217 cm³/mol. The molecule has 9 nitrogen and oxygen atoms in total. The number of carbonyl (C=O) groups excluding carboxylic acids is 2. The fraction of sp³-hybridized carbons (Fsp3) is 0.674. The third-order valence-corrected chi connectivity index (χ3v) is 8.96. The van der Waals surface area contributed by atoms with E-state index in [1.54, 1.807) is 6.08 Å². The SMILES string of the molecule is CC/C=C\C/C=C\C/C=C\C/C=C\C/C=C\CC(=O)OC(COC(=O)CCCCCCC/C=C\CCCCCCC)COP(=O)([O-])OCC[N+](C)(C)C. The maximum Gasteiger partial charge on any atom is 0.310 e. The highest BCUT2D eigenvalue weighted by atomic mass is 31.2. The van der Waals surface area contributed by atoms with Crippen LogP contribution in [-0.4, -0.2) is 70.0 Å². The lowest BCUT2D eigenvalue weighted by Crippen LogP contribution is -2.37. The molecule has 0 amide bonds. The molecule has 0 saturated heterocycles. The molecule has 0 saturated carbocycles. The zero-order valence-corrected chi connectivity index (χ0v) is 34.8. The summed E-state index contributed by atoms with van der Waals surface area (Å²) in [7, 11) is 1.09. The van der Waals surface area contributed by atoms with Crippen molar-refractivity contribution in [3.63, 3.8) is 0 Å². The summed E-state index contributed by atoms with van der Waals surface area (Å²) in [4.78, 5) is 37.3. The van der Waals surface area contributed by atoms with Crippen LogP contribution in [0.25, 0.3) is 0 Å². The molecule has 53 heavy (non-hydrogen) atoms. The van der Waals surface area contributed by atoms with Gasteiger partial charge in [0.15, 0.2) is 6.10 Å². The zero-order chi connectivity index (χ0) is 39.3. The summed E-state index contributed by atoms with van der Waals surface area (Å²) in [6, 6.07) is 0. The van der Waals surface area contributed by atoms with Crippen LogP contribution in [0.5, 0.6) is 0 Å². The molecule has 0 aromatic carbocycles. The molecule has 0 aliphatic carbocycles. The molecule has 0 fully saturated rings. The van der Waals surface area contributed by atoms with Gasteiger partial charge in [-0.3, -0.25) is 14.2 Å². The number of unbranched alkanes of at least 4 members (excludes halogenated alkanes) is 10. The number of allylic oxidation sites excluding steroid dienone is 11. The molecule has 0 spiro atoms. The lowest BCUT2D eigenvalue weighted by atomic mass is 10.1. The van der Waals surface area contributed by atoms with Crippen molar-refractivity contribution < 1.29 is 42.1 Å².